The SMILES string of the molecule is CCOc1ccc(Cc2ccc(NC(N)=O)cc2)cc1-c1cccc(Cl)c1. The number of rotatable bonds is 6. The van der Waals surface area contributed by atoms with Crippen LogP contribution in [0.25, 0.3) is 11.1 Å². The van der Waals surface area contributed by atoms with Crippen LogP contribution < -0.4 is 15.8 Å². The fraction of sp³-hybridized carbons (Fsp3) is 0.136. The number of amides is 2. The Morgan fingerprint density at radius 3 is 2.44 bits per heavy atom. The fourth-order valence-electron chi connectivity index (χ4n) is 2.93. The molecule has 3 N–H and O–H groups in total. The monoisotopic (exact) mass is 380 g/mol. The van der Waals surface area contributed by atoms with E-state index in [1.165, 1.54) is 0 Å². The quantitative estimate of drug-likeness (QED) is 0.594. The smallest absolute Gasteiger partial charge is 0.316 e. The number of primary amides is 1. The Morgan fingerprint density at radius 1 is 1.04 bits per heavy atom. The van der Waals surface area contributed by atoms with Gasteiger partial charge in [-0.2, -0.15) is 0 Å². The Bertz CT molecular complexity index is 939. The first kappa shape index (κ1) is 18.8. The van der Waals surface area contributed by atoms with Crippen LogP contribution in [0.4, 0.5) is 10.5 Å². The van der Waals surface area contributed by atoms with Crippen molar-refractivity contribution in [3.8, 4) is 16.9 Å². The van der Waals surface area contributed by atoms with Crippen LogP contribution >= 0.6 is 11.6 Å². The first-order chi connectivity index (χ1) is 13.0. The number of urea groups is 1. The van der Waals surface area contributed by atoms with Gasteiger partial charge in [0.05, 0.1) is 6.61 Å². The highest BCUT2D eigenvalue weighted by atomic mass is 35.5. The molecule has 0 heterocycles. The maximum Gasteiger partial charge on any atom is 0.316 e. The average molecular weight is 381 g/mol. The molecule has 0 aliphatic heterocycles. The summed E-state index contributed by atoms with van der Waals surface area (Å²) in [6.45, 7) is 2.57. The second kappa shape index (κ2) is 8.60. The van der Waals surface area contributed by atoms with Crippen molar-refractivity contribution in [1.82, 2.24) is 0 Å². The predicted octanol–water partition coefficient (Wildman–Crippen LogP) is 5.49. The van der Waals surface area contributed by atoms with E-state index in [1.807, 2.05) is 61.5 Å². The van der Waals surface area contributed by atoms with Crippen LogP contribution in [0.1, 0.15) is 18.1 Å². The van der Waals surface area contributed by atoms with Gasteiger partial charge in [0.2, 0.25) is 0 Å². The molecule has 0 radical (unpaired) electrons. The zero-order valence-corrected chi connectivity index (χ0v) is 15.8. The van der Waals surface area contributed by atoms with Crippen molar-refractivity contribution in [2.75, 3.05) is 11.9 Å². The third-order valence-electron chi connectivity index (χ3n) is 4.11. The second-order valence-corrected chi connectivity index (χ2v) is 6.57. The molecule has 5 heteroatoms. The maximum atomic E-state index is 10.9. The molecule has 0 saturated carbocycles. The molecule has 3 aromatic rings. The topological polar surface area (TPSA) is 64.3 Å². The third-order valence-corrected chi connectivity index (χ3v) is 4.34. The first-order valence-corrected chi connectivity index (χ1v) is 9.10. The van der Waals surface area contributed by atoms with Gasteiger partial charge >= 0.3 is 6.03 Å². The van der Waals surface area contributed by atoms with E-state index in [4.69, 9.17) is 22.1 Å². The molecule has 0 aliphatic carbocycles. The molecule has 27 heavy (non-hydrogen) atoms. The number of halogens is 1. The van der Waals surface area contributed by atoms with Gasteiger partial charge in [0.1, 0.15) is 5.75 Å². The third kappa shape index (κ3) is 5.02. The Morgan fingerprint density at radius 2 is 1.78 bits per heavy atom. The molecule has 3 rings (SSSR count). The summed E-state index contributed by atoms with van der Waals surface area (Å²) in [5.41, 5.74) is 10.1. The fourth-order valence-corrected chi connectivity index (χ4v) is 3.12. The molecule has 0 atom stereocenters. The lowest BCUT2D eigenvalue weighted by Crippen LogP contribution is -2.19. The minimum absolute atomic E-state index is 0.569. The summed E-state index contributed by atoms with van der Waals surface area (Å²) in [7, 11) is 0. The van der Waals surface area contributed by atoms with Crippen molar-refractivity contribution in [1.29, 1.82) is 0 Å². The molecule has 3 aromatic carbocycles. The second-order valence-electron chi connectivity index (χ2n) is 6.14. The molecule has 0 unspecified atom stereocenters. The van der Waals surface area contributed by atoms with Crippen molar-refractivity contribution in [2.24, 2.45) is 5.73 Å². The van der Waals surface area contributed by atoms with E-state index < -0.39 is 6.03 Å². The lowest BCUT2D eigenvalue weighted by Gasteiger charge is -2.13. The van der Waals surface area contributed by atoms with Gasteiger partial charge in [-0.25, -0.2) is 4.79 Å². The number of carbonyl (C=O) groups is 1. The van der Waals surface area contributed by atoms with Crippen molar-refractivity contribution >= 4 is 23.3 Å². The number of carbonyl (C=O) groups excluding carboxylic acids is 1. The minimum Gasteiger partial charge on any atom is -0.493 e. The predicted molar refractivity (Wildman–Crippen MR) is 111 cm³/mol. The molecular formula is C22H21ClN2O2. The van der Waals surface area contributed by atoms with Crippen molar-refractivity contribution in [3.63, 3.8) is 0 Å². The number of hydrogen-bond donors (Lipinski definition) is 2. The van der Waals surface area contributed by atoms with E-state index in [9.17, 15) is 4.79 Å². The van der Waals surface area contributed by atoms with E-state index in [0.29, 0.717) is 17.3 Å². The van der Waals surface area contributed by atoms with Crippen LogP contribution in [0.3, 0.4) is 0 Å². The number of anilines is 1. The molecular weight excluding hydrogens is 360 g/mol. The molecule has 0 fully saturated rings. The molecule has 0 aliphatic rings. The van der Waals surface area contributed by atoms with Crippen LogP contribution in [-0.4, -0.2) is 12.6 Å². The molecule has 2 amide bonds. The first-order valence-electron chi connectivity index (χ1n) is 8.72. The highest BCUT2D eigenvalue weighted by Gasteiger charge is 2.09. The largest absolute Gasteiger partial charge is 0.493 e. The van der Waals surface area contributed by atoms with Gasteiger partial charge in [-0.1, -0.05) is 41.9 Å². The number of nitrogens with two attached hydrogens (primary N) is 1. The number of benzene rings is 3. The highest BCUT2D eigenvalue weighted by Crippen LogP contribution is 2.33. The van der Waals surface area contributed by atoms with Gasteiger partial charge in [0.25, 0.3) is 0 Å². The van der Waals surface area contributed by atoms with E-state index in [-0.39, 0.29) is 0 Å². The maximum absolute atomic E-state index is 10.9. The van der Waals surface area contributed by atoms with E-state index in [0.717, 1.165) is 34.4 Å². The molecule has 138 valence electrons. The van der Waals surface area contributed by atoms with E-state index in [1.54, 1.807) is 0 Å². The van der Waals surface area contributed by atoms with Gasteiger partial charge in [-0.15, -0.1) is 0 Å². The van der Waals surface area contributed by atoms with Crippen molar-refractivity contribution in [3.05, 3.63) is 82.9 Å². The van der Waals surface area contributed by atoms with Gasteiger partial charge < -0.3 is 15.8 Å². The molecule has 0 bridgehead atoms. The summed E-state index contributed by atoms with van der Waals surface area (Å²) >= 11 is 6.16. The summed E-state index contributed by atoms with van der Waals surface area (Å²) in [5.74, 6) is 0.838. The van der Waals surface area contributed by atoms with Crippen LogP contribution in [0, 0.1) is 0 Å². The van der Waals surface area contributed by atoms with Crippen LogP contribution in [0.5, 0.6) is 5.75 Å². The van der Waals surface area contributed by atoms with Gasteiger partial charge in [0, 0.05) is 16.3 Å². The van der Waals surface area contributed by atoms with Crippen LogP contribution in [0.2, 0.25) is 5.02 Å². The van der Waals surface area contributed by atoms with E-state index in [2.05, 4.69) is 17.4 Å². The summed E-state index contributed by atoms with van der Waals surface area (Å²) in [5, 5.41) is 3.26. The van der Waals surface area contributed by atoms with Gasteiger partial charge in [-0.05, 0) is 66.4 Å². The lowest BCUT2D eigenvalue weighted by atomic mass is 9.98. The minimum atomic E-state index is -0.569. The Balaban J connectivity index is 1.88. The highest BCUT2D eigenvalue weighted by molar-refractivity contribution is 6.30. The van der Waals surface area contributed by atoms with Gasteiger partial charge in [-0.3, -0.25) is 0 Å². The standard InChI is InChI=1S/C22H21ClN2O2/c1-2-27-21-11-8-16(13-20(21)17-4-3-5-18(23)14-17)12-15-6-9-19(10-7-15)25-22(24)26/h3-11,13-14H,2,12H2,1H3,(H3,24,25,26). The lowest BCUT2D eigenvalue weighted by molar-refractivity contribution is 0.259. The molecule has 0 saturated heterocycles. The Labute approximate surface area is 163 Å². The molecule has 0 spiro atoms. The summed E-state index contributed by atoms with van der Waals surface area (Å²) in [6, 6.07) is 21.0. The summed E-state index contributed by atoms with van der Waals surface area (Å²) in [6.07, 6.45) is 0.761. The number of nitrogens with one attached hydrogen (secondary N) is 1. The number of hydrogen-bond acceptors (Lipinski definition) is 2. The molecule has 0 aromatic heterocycles. The summed E-state index contributed by atoms with van der Waals surface area (Å²) in [4.78, 5) is 10.9. The van der Waals surface area contributed by atoms with Gasteiger partial charge in [0.15, 0.2) is 0 Å². The Kier molecular flexibility index (Phi) is 5.99. The zero-order valence-electron chi connectivity index (χ0n) is 15.0. The number of ether oxygens (including phenoxy) is 1. The van der Waals surface area contributed by atoms with Crippen LogP contribution in [0.15, 0.2) is 66.7 Å². The Hall–Kier alpha value is -2.98. The normalized spacial score (nSPS) is 10.4. The van der Waals surface area contributed by atoms with Crippen LogP contribution in [-0.2, 0) is 6.42 Å². The van der Waals surface area contributed by atoms with E-state index >= 15 is 0 Å². The van der Waals surface area contributed by atoms with Crippen molar-refractivity contribution < 1.29 is 9.53 Å². The summed E-state index contributed by atoms with van der Waals surface area (Å²) < 4.78 is 5.79. The molecule has 4 nitrogen and oxygen atoms in total. The zero-order chi connectivity index (χ0) is 19.2. The van der Waals surface area contributed by atoms with Crippen molar-refractivity contribution in [2.45, 2.75) is 13.3 Å². The average Bonchev–Trinajstić information content (AvgIpc) is 2.64.